The van der Waals surface area contributed by atoms with Gasteiger partial charge in [0.05, 0.1) is 35.1 Å². The Morgan fingerprint density at radius 2 is 2.03 bits per heavy atom. The van der Waals surface area contributed by atoms with Crippen LogP contribution >= 0.6 is 11.3 Å². The summed E-state index contributed by atoms with van der Waals surface area (Å²) in [4.78, 5) is 33.6. The highest BCUT2D eigenvalue weighted by Crippen LogP contribution is 2.46. The monoisotopic (exact) mass is 486 g/mol. The molecule has 176 valence electrons. The Morgan fingerprint density at radius 3 is 2.80 bits per heavy atom. The Bertz CT molecular complexity index is 1450. The average molecular weight is 487 g/mol. The molecule has 0 unspecified atom stereocenters. The second-order valence-electron chi connectivity index (χ2n) is 8.48. The predicted molar refractivity (Wildman–Crippen MR) is 135 cm³/mol. The zero-order valence-electron chi connectivity index (χ0n) is 18.9. The van der Waals surface area contributed by atoms with Crippen LogP contribution in [0.1, 0.15) is 21.7 Å². The van der Waals surface area contributed by atoms with Crippen LogP contribution in [-0.2, 0) is 4.74 Å². The van der Waals surface area contributed by atoms with Gasteiger partial charge in [0.25, 0.3) is 5.91 Å². The van der Waals surface area contributed by atoms with Crippen molar-refractivity contribution in [2.75, 3.05) is 23.4 Å². The lowest BCUT2D eigenvalue weighted by Gasteiger charge is -2.29. The summed E-state index contributed by atoms with van der Waals surface area (Å²) < 4.78 is 11.3. The Morgan fingerprint density at radius 1 is 1.17 bits per heavy atom. The molecule has 2 N–H and O–H groups in total. The second kappa shape index (κ2) is 8.68. The Balaban J connectivity index is 1.36. The van der Waals surface area contributed by atoms with E-state index < -0.39 is 0 Å². The van der Waals surface area contributed by atoms with E-state index in [2.05, 4.69) is 15.6 Å². The van der Waals surface area contributed by atoms with Gasteiger partial charge in [-0.3, -0.25) is 9.69 Å². The number of anilines is 3. The SMILES string of the molecule is Cc1cc(Oc2ccccc2)ccc1N1C(=O)Nc2c(C(=O)N[C@@H]3CCOC3)sc3nccc1c23. The van der Waals surface area contributed by atoms with Crippen molar-refractivity contribution in [3.8, 4) is 11.5 Å². The molecule has 0 saturated carbocycles. The summed E-state index contributed by atoms with van der Waals surface area (Å²) in [5, 5.41) is 6.71. The van der Waals surface area contributed by atoms with Gasteiger partial charge < -0.3 is 20.1 Å². The number of hydrogen-bond acceptors (Lipinski definition) is 6. The highest BCUT2D eigenvalue weighted by molar-refractivity contribution is 7.21. The van der Waals surface area contributed by atoms with Gasteiger partial charge in [-0.15, -0.1) is 11.3 Å². The number of carbonyl (C=O) groups excluding carboxylic acids is 2. The van der Waals surface area contributed by atoms with Gasteiger partial charge in [0.15, 0.2) is 0 Å². The van der Waals surface area contributed by atoms with Crippen molar-refractivity contribution in [3.63, 3.8) is 0 Å². The fraction of sp³-hybridized carbons (Fsp3) is 0.192. The van der Waals surface area contributed by atoms with Crippen molar-refractivity contribution in [2.45, 2.75) is 19.4 Å². The second-order valence-corrected chi connectivity index (χ2v) is 9.48. The van der Waals surface area contributed by atoms with Gasteiger partial charge in [-0.05, 0) is 55.3 Å². The fourth-order valence-electron chi connectivity index (χ4n) is 4.45. The average Bonchev–Trinajstić information content (AvgIpc) is 3.50. The summed E-state index contributed by atoms with van der Waals surface area (Å²) in [5.74, 6) is 1.20. The molecule has 35 heavy (non-hydrogen) atoms. The molecule has 1 saturated heterocycles. The Kier molecular flexibility index (Phi) is 5.35. The molecule has 2 aromatic carbocycles. The van der Waals surface area contributed by atoms with Crippen LogP contribution in [-0.4, -0.2) is 36.2 Å². The van der Waals surface area contributed by atoms with Crippen molar-refractivity contribution < 1.29 is 19.1 Å². The quantitative estimate of drug-likeness (QED) is 0.383. The highest BCUT2D eigenvalue weighted by Gasteiger charge is 2.34. The number of rotatable bonds is 5. The molecular formula is C26H22N4O4S. The van der Waals surface area contributed by atoms with E-state index in [4.69, 9.17) is 9.47 Å². The van der Waals surface area contributed by atoms with Crippen molar-refractivity contribution in [3.05, 3.63) is 71.2 Å². The van der Waals surface area contributed by atoms with Crippen molar-refractivity contribution in [1.29, 1.82) is 0 Å². The number of thiophene rings is 1. The van der Waals surface area contributed by atoms with E-state index >= 15 is 0 Å². The van der Waals surface area contributed by atoms with E-state index in [-0.39, 0.29) is 18.0 Å². The van der Waals surface area contributed by atoms with Crippen LogP contribution in [0.25, 0.3) is 10.2 Å². The molecule has 8 nitrogen and oxygen atoms in total. The molecule has 0 radical (unpaired) electrons. The number of pyridine rings is 1. The number of nitrogens with one attached hydrogen (secondary N) is 2. The zero-order valence-corrected chi connectivity index (χ0v) is 19.7. The summed E-state index contributed by atoms with van der Waals surface area (Å²) in [5.41, 5.74) is 2.79. The summed E-state index contributed by atoms with van der Waals surface area (Å²) in [7, 11) is 0. The van der Waals surface area contributed by atoms with Gasteiger partial charge in [-0.2, -0.15) is 0 Å². The predicted octanol–water partition coefficient (Wildman–Crippen LogP) is 5.60. The molecule has 3 amide bonds. The summed E-state index contributed by atoms with van der Waals surface area (Å²) in [6.45, 7) is 3.07. The van der Waals surface area contributed by atoms with Gasteiger partial charge >= 0.3 is 6.03 Å². The van der Waals surface area contributed by atoms with Crippen molar-refractivity contribution in [2.24, 2.45) is 0 Å². The number of aromatic nitrogens is 1. The number of urea groups is 1. The largest absolute Gasteiger partial charge is 0.457 e. The maximum atomic E-state index is 13.4. The number of nitrogens with zero attached hydrogens (tertiary/aromatic N) is 2. The minimum atomic E-state index is -0.332. The number of benzene rings is 2. The van der Waals surface area contributed by atoms with Crippen LogP contribution in [0.5, 0.6) is 11.5 Å². The summed E-state index contributed by atoms with van der Waals surface area (Å²) in [6, 6.07) is 16.6. The van der Waals surface area contributed by atoms with E-state index in [0.717, 1.165) is 28.8 Å². The normalized spacial score (nSPS) is 16.9. The van der Waals surface area contributed by atoms with Gasteiger partial charge in [-0.1, -0.05) is 18.2 Å². The third kappa shape index (κ3) is 3.88. The molecule has 6 rings (SSSR count). The lowest BCUT2D eigenvalue weighted by Crippen LogP contribution is -2.37. The Hall–Kier alpha value is -3.95. The molecular weight excluding hydrogens is 464 g/mol. The number of ether oxygens (including phenoxy) is 2. The van der Waals surface area contributed by atoms with Crippen molar-refractivity contribution >= 4 is 50.6 Å². The summed E-state index contributed by atoms with van der Waals surface area (Å²) >= 11 is 1.28. The molecule has 4 aromatic rings. The van der Waals surface area contributed by atoms with Gasteiger partial charge in [0.1, 0.15) is 21.2 Å². The third-order valence-electron chi connectivity index (χ3n) is 6.11. The zero-order chi connectivity index (χ0) is 23.9. The number of hydrogen-bond donors (Lipinski definition) is 2. The molecule has 9 heteroatoms. The molecule has 0 spiro atoms. The molecule has 2 aromatic heterocycles. The maximum Gasteiger partial charge on any atom is 0.331 e. The molecule has 2 aliphatic heterocycles. The first-order valence-corrected chi connectivity index (χ1v) is 12.1. The van der Waals surface area contributed by atoms with Crippen LogP contribution < -0.4 is 20.3 Å². The first-order valence-electron chi connectivity index (χ1n) is 11.3. The Labute approximate surface area is 205 Å². The van der Waals surface area contributed by atoms with Crippen molar-refractivity contribution in [1.82, 2.24) is 10.3 Å². The van der Waals surface area contributed by atoms with E-state index in [9.17, 15) is 9.59 Å². The van der Waals surface area contributed by atoms with Crippen LogP contribution in [0.2, 0.25) is 0 Å². The maximum absolute atomic E-state index is 13.4. The smallest absolute Gasteiger partial charge is 0.331 e. The van der Waals surface area contributed by atoms with Crippen LogP contribution in [0, 0.1) is 6.92 Å². The molecule has 4 heterocycles. The lowest BCUT2D eigenvalue weighted by atomic mass is 10.1. The first-order chi connectivity index (χ1) is 17.1. The standard InChI is InChI=1S/C26H22N4O4S/c1-15-13-18(34-17-5-3-2-4-6-17)7-8-19(15)30-20-9-11-27-25-21(20)22(29-26(30)32)23(35-25)24(31)28-16-10-12-33-14-16/h2-9,11,13,16H,10,12,14H2,1H3,(H,28,31)(H,29,32)/t16-/m1/s1. The van der Waals surface area contributed by atoms with E-state index in [0.29, 0.717) is 40.0 Å². The van der Waals surface area contributed by atoms with Crippen LogP contribution in [0.4, 0.5) is 21.9 Å². The molecule has 0 bridgehead atoms. The van der Waals surface area contributed by atoms with E-state index in [1.54, 1.807) is 17.2 Å². The topological polar surface area (TPSA) is 92.8 Å². The molecule has 1 fully saturated rings. The fourth-order valence-corrected chi connectivity index (χ4v) is 5.47. The third-order valence-corrected chi connectivity index (χ3v) is 7.20. The van der Waals surface area contributed by atoms with Gasteiger partial charge in [0, 0.05) is 12.8 Å². The van der Waals surface area contributed by atoms with Gasteiger partial charge in [0.2, 0.25) is 0 Å². The highest BCUT2D eigenvalue weighted by atomic mass is 32.1. The van der Waals surface area contributed by atoms with Crippen LogP contribution in [0.15, 0.2) is 60.8 Å². The minimum Gasteiger partial charge on any atom is -0.457 e. The molecule has 0 aliphatic carbocycles. The minimum absolute atomic E-state index is 0.0256. The lowest BCUT2D eigenvalue weighted by molar-refractivity contribution is 0.0935. The number of carbonyl (C=O) groups is 2. The summed E-state index contributed by atoms with van der Waals surface area (Å²) in [6.07, 6.45) is 2.44. The van der Waals surface area contributed by atoms with E-state index in [1.165, 1.54) is 11.3 Å². The van der Waals surface area contributed by atoms with Gasteiger partial charge in [-0.25, -0.2) is 9.78 Å². The van der Waals surface area contributed by atoms with E-state index in [1.807, 2.05) is 55.5 Å². The number of para-hydroxylation sites is 1. The first kappa shape index (κ1) is 21.6. The molecule has 2 aliphatic rings. The molecule has 1 atom stereocenters. The number of aryl methyl sites for hydroxylation is 1. The number of amides is 3. The van der Waals surface area contributed by atoms with Crippen LogP contribution in [0.3, 0.4) is 0 Å².